The molecule has 1 aliphatic carbocycles. The number of amides is 1. The van der Waals surface area contributed by atoms with Crippen molar-refractivity contribution in [1.29, 1.82) is 0 Å². The largest absolute Gasteiger partial charge is 0.497 e. The maximum Gasteiger partial charge on any atom is 0.268 e. The summed E-state index contributed by atoms with van der Waals surface area (Å²) in [5.41, 5.74) is 0.234. The fraction of sp³-hybridized carbons (Fsp3) is 0.269. The third-order valence-corrected chi connectivity index (χ3v) is 5.90. The van der Waals surface area contributed by atoms with Crippen molar-refractivity contribution in [2.45, 2.75) is 26.7 Å². The van der Waals surface area contributed by atoms with Gasteiger partial charge >= 0.3 is 0 Å². The number of methoxy groups -OCH3 is 2. The van der Waals surface area contributed by atoms with Gasteiger partial charge in [0.2, 0.25) is 0 Å². The Labute approximate surface area is 196 Å². The molecular formula is C26H25FN2O5. The molecule has 0 atom stereocenters. The summed E-state index contributed by atoms with van der Waals surface area (Å²) in [7, 11) is 2.96. The molecule has 0 radical (unpaired) electrons. The molecule has 1 heterocycles. The van der Waals surface area contributed by atoms with Crippen LogP contribution in [-0.2, 0) is 6.42 Å². The van der Waals surface area contributed by atoms with Gasteiger partial charge in [-0.15, -0.1) is 0 Å². The van der Waals surface area contributed by atoms with Gasteiger partial charge in [-0.25, -0.2) is 4.39 Å². The molecular weight excluding hydrogens is 439 g/mol. The molecule has 0 fully saturated rings. The number of hydrogen-bond donors (Lipinski definition) is 1. The highest BCUT2D eigenvalue weighted by Crippen LogP contribution is 2.36. The lowest BCUT2D eigenvalue weighted by molar-refractivity contribution is 0.0910. The first-order valence-corrected chi connectivity index (χ1v) is 10.7. The third kappa shape index (κ3) is 4.31. The molecule has 3 aromatic rings. The summed E-state index contributed by atoms with van der Waals surface area (Å²) >= 11 is 0. The number of Topliss-reactive ketones (excluding diaryl/α,β-unsaturated/α-hetero) is 1. The molecule has 0 saturated heterocycles. The number of ether oxygens (including phenoxy) is 2. The number of halogens is 1. The van der Waals surface area contributed by atoms with E-state index in [0.29, 0.717) is 40.4 Å². The standard InChI is InChI=1S/C26H25FN2O5/c1-26(2)12-18-19(21(30)13-26)14-29(16-7-5-15(27)6-8-16)25(32)23(18)24(31)28-20-11-17(33-3)9-10-22(20)34-4/h5-11,14H,12-13H2,1-4H3,(H,28,31). The summed E-state index contributed by atoms with van der Waals surface area (Å²) in [6.45, 7) is 3.85. The molecule has 1 amide bonds. The Hall–Kier alpha value is -3.94. The second kappa shape index (κ2) is 8.78. The Kier molecular flexibility index (Phi) is 6.00. The molecule has 1 aromatic heterocycles. The minimum Gasteiger partial charge on any atom is -0.497 e. The quantitative estimate of drug-likeness (QED) is 0.605. The smallest absolute Gasteiger partial charge is 0.268 e. The second-order valence-corrected chi connectivity index (χ2v) is 9.01. The van der Waals surface area contributed by atoms with Gasteiger partial charge in [-0.2, -0.15) is 0 Å². The minimum atomic E-state index is -0.672. The second-order valence-electron chi connectivity index (χ2n) is 9.01. The molecule has 0 unspecified atom stereocenters. The number of ketones is 1. The topological polar surface area (TPSA) is 86.6 Å². The van der Waals surface area contributed by atoms with E-state index < -0.39 is 22.7 Å². The zero-order valence-electron chi connectivity index (χ0n) is 19.4. The lowest BCUT2D eigenvalue weighted by Crippen LogP contribution is -2.37. The summed E-state index contributed by atoms with van der Waals surface area (Å²) in [6.07, 6.45) is 2.11. The van der Waals surface area contributed by atoms with Crippen molar-refractivity contribution >= 4 is 17.4 Å². The maximum absolute atomic E-state index is 13.6. The van der Waals surface area contributed by atoms with Gasteiger partial charge in [-0.1, -0.05) is 13.8 Å². The average Bonchev–Trinajstić information content (AvgIpc) is 2.78. The number of hydrogen-bond acceptors (Lipinski definition) is 5. The van der Waals surface area contributed by atoms with Crippen LogP contribution in [0.5, 0.6) is 11.5 Å². The highest BCUT2D eigenvalue weighted by molar-refractivity contribution is 6.09. The summed E-state index contributed by atoms with van der Waals surface area (Å²) < 4.78 is 25.3. The Bertz CT molecular complexity index is 1340. The van der Waals surface area contributed by atoms with E-state index in [-0.39, 0.29) is 17.8 Å². The van der Waals surface area contributed by atoms with Crippen LogP contribution in [0.1, 0.15) is 46.5 Å². The van der Waals surface area contributed by atoms with Crippen LogP contribution in [0.4, 0.5) is 10.1 Å². The van der Waals surface area contributed by atoms with Crippen molar-refractivity contribution < 1.29 is 23.5 Å². The SMILES string of the molecule is COc1ccc(OC)c(NC(=O)c2c3c(cn(-c4ccc(F)cc4)c2=O)C(=O)CC(C)(C)C3)c1. The van der Waals surface area contributed by atoms with Gasteiger partial charge in [0.05, 0.1) is 19.9 Å². The first kappa shape index (κ1) is 23.2. The summed E-state index contributed by atoms with van der Waals surface area (Å²) in [5, 5.41) is 2.74. The van der Waals surface area contributed by atoms with Crippen LogP contribution in [-0.4, -0.2) is 30.5 Å². The van der Waals surface area contributed by atoms with Crippen LogP contribution in [0.25, 0.3) is 5.69 Å². The number of fused-ring (bicyclic) bond motifs is 1. The summed E-state index contributed by atoms with van der Waals surface area (Å²) in [5.74, 6) is -0.416. The molecule has 2 aromatic carbocycles. The predicted octanol–water partition coefficient (Wildman–Crippen LogP) is 4.40. The minimum absolute atomic E-state index is 0.132. The number of carbonyl (C=O) groups excluding carboxylic acids is 2. The van der Waals surface area contributed by atoms with Crippen LogP contribution in [0.15, 0.2) is 53.5 Å². The Morgan fingerprint density at radius 3 is 2.38 bits per heavy atom. The van der Waals surface area contributed by atoms with Crippen molar-refractivity contribution in [3.05, 3.63) is 81.5 Å². The van der Waals surface area contributed by atoms with Crippen LogP contribution in [0, 0.1) is 11.2 Å². The van der Waals surface area contributed by atoms with Crippen molar-refractivity contribution in [1.82, 2.24) is 4.57 Å². The Balaban J connectivity index is 1.90. The van der Waals surface area contributed by atoms with Crippen LogP contribution in [0.2, 0.25) is 0 Å². The first-order valence-electron chi connectivity index (χ1n) is 10.7. The predicted molar refractivity (Wildman–Crippen MR) is 126 cm³/mol. The van der Waals surface area contributed by atoms with E-state index in [1.807, 2.05) is 13.8 Å². The van der Waals surface area contributed by atoms with E-state index in [0.717, 1.165) is 0 Å². The average molecular weight is 464 g/mol. The molecule has 0 saturated carbocycles. The van der Waals surface area contributed by atoms with E-state index in [9.17, 15) is 18.8 Å². The highest BCUT2D eigenvalue weighted by Gasteiger charge is 2.36. The van der Waals surface area contributed by atoms with E-state index >= 15 is 0 Å². The number of carbonyl (C=O) groups is 2. The molecule has 0 aliphatic heterocycles. The van der Waals surface area contributed by atoms with E-state index in [1.165, 1.54) is 49.2 Å². The lowest BCUT2D eigenvalue weighted by Gasteiger charge is -2.31. The van der Waals surface area contributed by atoms with Gasteiger partial charge < -0.3 is 14.8 Å². The van der Waals surface area contributed by atoms with Gasteiger partial charge in [0.1, 0.15) is 22.9 Å². The molecule has 1 N–H and O–H groups in total. The summed E-state index contributed by atoms with van der Waals surface area (Å²) in [4.78, 5) is 40.2. The van der Waals surface area contributed by atoms with Crippen molar-refractivity contribution in [2.75, 3.05) is 19.5 Å². The molecule has 34 heavy (non-hydrogen) atoms. The van der Waals surface area contributed by atoms with E-state index in [4.69, 9.17) is 9.47 Å². The molecule has 8 heteroatoms. The van der Waals surface area contributed by atoms with Gasteiger partial charge in [0.15, 0.2) is 5.78 Å². The van der Waals surface area contributed by atoms with Crippen LogP contribution >= 0.6 is 0 Å². The van der Waals surface area contributed by atoms with Gasteiger partial charge in [0, 0.05) is 29.9 Å². The number of pyridine rings is 1. The van der Waals surface area contributed by atoms with Gasteiger partial charge in [-0.3, -0.25) is 19.0 Å². The first-order chi connectivity index (χ1) is 16.1. The fourth-order valence-electron chi connectivity index (χ4n) is 4.27. The number of nitrogens with zero attached hydrogens (tertiary/aromatic N) is 1. The summed E-state index contributed by atoms with van der Waals surface area (Å²) in [6, 6.07) is 10.2. The molecule has 0 bridgehead atoms. The number of nitrogens with one attached hydrogen (secondary N) is 1. The van der Waals surface area contributed by atoms with Gasteiger partial charge in [0.25, 0.3) is 11.5 Å². The number of aromatic nitrogens is 1. The van der Waals surface area contributed by atoms with Gasteiger partial charge in [-0.05, 0) is 53.8 Å². The molecule has 1 aliphatic rings. The molecule has 176 valence electrons. The Morgan fingerprint density at radius 2 is 1.74 bits per heavy atom. The van der Waals surface area contributed by atoms with E-state index in [2.05, 4.69) is 5.32 Å². The number of benzene rings is 2. The molecule has 0 spiro atoms. The third-order valence-electron chi connectivity index (χ3n) is 5.90. The lowest BCUT2D eigenvalue weighted by atomic mass is 9.73. The van der Waals surface area contributed by atoms with Crippen molar-refractivity contribution in [3.63, 3.8) is 0 Å². The zero-order chi connectivity index (χ0) is 24.6. The molecule has 7 nitrogen and oxygen atoms in total. The van der Waals surface area contributed by atoms with Crippen molar-refractivity contribution in [2.24, 2.45) is 5.41 Å². The highest BCUT2D eigenvalue weighted by atomic mass is 19.1. The number of anilines is 1. The van der Waals surface area contributed by atoms with Crippen LogP contribution < -0.4 is 20.3 Å². The van der Waals surface area contributed by atoms with E-state index in [1.54, 1.807) is 18.2 Å². The molecule has 4 rings (SSSR count). The normalized spacial score (nSPS) is 14.3. The number of rotatable bonds is 5. The van der Waals surface area contributed by atoms with Crippen LogP contribution in [0.3, 0.4) is 0 Å². The fourth-order valence-corrected chi connectivity index (χ4v) is 4.27. The Morgan fingerprint density at radius 1 is 1.03 bits per heavy atom. The maximum atomic E-state index is 13.6. The monoisotopic (exact) mass is 464 g/mol. The zero-order valence-corrected chi connectivity index (χ0v) is 19.4. The van der Waals surface area contributed by atoms with Crippen molar-refractivity contribution in [3.8, 4) is 17.2 Å².